The Hall–Kier alpha value is 0.650. The molecule has 0 amide bonds. The maximum atomic E-state index is 5.23. The van der Waals surface area contributed by atoms with E-state index in [2.05, 4.69) is 22.6 Å². The highest BCUT2D eigenvalue weighted by atomic mass is 127. The van der Waals surface area contributed by atoms with E-state index in [0.29, 0.717) is 0 Å². The van der Waals surface area contributed by atoms with E-state index in [1.54, 1.807) is 0 Å². The zero-order chi connectivity index (χ0) is 6.04. The van der Waals surface area contributed by atoms with Gasteiger partial charge in [-0.15, -0.1) is 0 Å². The van der Waals surface area contributed by atoms with Crippen molar-refractivity contribution in [2.24, 2.45) is 0 Å². The lowest BCUT2D eigenvalue weighted by Crippen LogP contribution is -2.30. The molecular weight excluding hydrogens is 219 g/mol. The number of ether oxygens (including phenoxy) is 2. The molecule has 0 spiro atoms. The molecule has 1 saturated heterocycles. The van der Waals surface area contributed by atoms with Crippen LogP contribution in [-0.2, 0) is 9.47 Å². The smallest absolute Gasteiger partial charge is 0.218 e. The summed E-state index contributed by atoms with van der Waals surface area (Å²) < 4.78 is 10.1. The lowest BCUT2D eigenvalue weighted by Gasteiger charge is -2.27. The third-order valence-corrected chi connectivity index (χ3v) is 1.63. The van der Waals surface area contributed by atoms with E-state index >= 15 is 0 Å². The minimum atomic E-state index is -0.351. The van der Waals surface area contributed by atoms with Crippen LogP contribution in [0.4, 0.5) is 0 Å². The third kappa shape index (κ3) is 1.87. The Kier molecular flexibility index (Phi) is 2.11. The van der Waals surface area contributed by atoms with Gasteiger partial charge in [-0.05, 0) is 35.9 Å². The van der Waals surface area contributed by atoms with Gasteiger partial charge in [-0.3, -0.25) is 0 Å². The largest absolute Gasteiger partial charge is 0.342 e. The van der Waals surface area contributed by atoms with Crippen LogP contribution in [0, 0.1) is 0 Å². The van der Waals surface area contributed by atoms with E-state index in [0.717, 1.165) is 19.6 Å². The SMILES string of the molecule is CC1(I)OCCCO1. The van der Waals surface area contributed by atoms with Crippen LogP contribution >= 0.6 is 22.6 Å². The summed E-state index contributed by atoms with van der Waals surface area (Å²) in [6, 6.07) is 0. The Labute approximate surface area is 62.7 Å². The molecule has 3 heteroatoms. The van der Waals surface area contributed by atoms with Crippen LogP contribution in [0.15, 0.2) is 0 Å². The first kappa shape index (κ1) is 6.77. The highest BCUT2D eigenvalue weighted by Crippen LogP contribution is 2.24. The monoisotopic (exact) mass is 228 g/mol. The molecule has 1 rings (SSSR count). The zero-order valence-corrected chi connectivity index (χ0v) is 6.97. The van der Waals surface area contributed by atoms with Gasteiger partial charge in [-0.2, -0.15) is 0 Å². The number of hydrogen-bond donors (Lipinski definition) is 0. The van der Waals surface area contributed by atoms with Crippen LogP contribution in [0.25, 0.3) is 0 Å². The van der Waals surface area contributed by atoms with Crippen molar-refractivity contribution in [3.05, 3.63) is 0 Å². The van der Waals surface area contributed by atoms with Gasteiger partial charge < -0.3 is 9.47 Å². The molecule has 0 radical (unpaired) electrons. The van der Waals surface area contributed by atoms with Crippen LogP contribution < -0.4 is 0 Å². The van der Waals surface area contributed by atoms with Gasteiger partial charge in [-0.1, -0.05) is 0 Å². The highest BCUT2D eigenvalue weighted by molar-refractivity contribution is 14.1. The first-order valence-corrected chi connectivity index (χ1v) is 3.75. The molecule has 0 aromatic heterocycles. The van der Waals surface area contributed by atoms with E-state index < -0.39 is 0 Å². The molecule has 1 aliphatic heterocycles. The first-order chi connectivity index (χ1) is 3.71. The molecule has 0 unspecified atom stereocenters. The van der Waals surface area contributed by atoms with Crippen molar-refractivity contribution in [1.29, 1.82) is 0 Å². The second-order valence-electron chi connectivity index (χ2n) is 1.89. The lowest BCUT2D eigenvalue weighted by molar-refractivity contribution is -0.180. The van der Waals surface area contributed by atoms with Crippen molar-refractivity contribution >= 4 is 22.6 Å². The normalized spacial score (nSPS) is 27.8. The molecule has 0 atom stereocenters. The topological polar surface area (TPSA) is 18.5 Å². The van der Waals surface area contributed by atoms with E-state index in [-0.39, 0.29) is 3.79 Å². The summed E-state index contributed by atoms with van der Waals surface area (Å²) in [6.07, 6.45) is 1.03. The van der Waals surface area contributed by atoms with E-state index in [9.17, 15) is 0 Å². The molecule has 1 heterocycles. The van der Waals surface area contributed by atoms with Gasteiger partial charge in [0.25, 0.3) is 0 Å². The summed E-state index contributed by atoms with van der Waals surface area (Å²) in [5.74, 6) is 0. The van der Waals surface area contributed by atoms with Crippen LogP contribution in [0.3, 0.4) is 0 Å². The van der Waals surface area contributed by atoms with Gasteiger partial charge in [0.15, 0.2) is 0 Å². The van der Waals surface area contributed by atoms with Crippen LogP contribution in [0.2, 0.25) is 0 Å². The van der Waals surface area contributed by atoms with Gasteiger partial charge in [0.2, 0.25) is 3.79 Å². The Balaban J connectivity index is 2.33. The predicted molar refractivity (Wildman–Crippen MR) is 38.9 cm³/mol. The molecule has 2 nitrogen and oxygen atoms in total. The average molecular weight is 228 g/mol. The number of rotatable bonds is 0. The number of hydrogen-bond acceptors (Lipinski definition) is 2. The van der Waals surface area contributed by atoms with Crippen molar-refractivity contribution in [1.82, 2.24) is 0 Å². The fraction of sp³-hybridized carbons (Fsp3) is 1.00. The molecule has 0 aliphatic carbocycles. The van der Waals surface area contributed by atoms with Gasteiger partial charge in [0.1, 0.15) is 0 Å². The van der Waals surface area contributed by atoms with Crippen molar-refractivity contribution in [2.45, 2.75) is 17.1 Å². The minimum absolute atomic E-state index is 0.351. The van der Waals surface area contributed by atoms with Gasteiger partial charge >= 0.3 is 0 Å². The average Bonchev–Trinajstić information content (AvgIpc) is 1.65. The predicted octanol–water partition coefficient (Wildman–Crippen LogP) is 1.53. The van der Waals surface area contributed by atoms with E-state index in [1.807, 2.05) is 6.92 Å². The molecule has 0 bridgehead atoms. The molecular formula is C5H9IO2. The maximum absolute atomic E-state index is 5.23. The second kappa shape index (κ2) is 2.49. The Morgan fingerprint density at radius 3 is 2.12 bits per heavy atom. The van der Waals surface area contributed by atoms with E-state index in [1.165, 1.54) is 0 Å². The Morgan fingerprint density at radius 1 is 1.38 bits per heavy atom. The fourth-order valence-electron chi connectivity index (χ4n) is 0.610. The van der Waals surface area contributed by atoms with Crippen molar-refractivity contribution in [3.63, 3.8) is 0 Å². The Bertz CT molecular complexity index is 74.5. The van der Waals surface area contributed by atoms with Crippen molar-refractivity contribution in [2.75, 3.05) is 13.2 Å². The van der Waals surface area contributed by atoms with Crippen LogP contribution in [0.1, 0.15) is 13.3 Å². The van der Waals surface area contributed by atoms with E-state index in [4.69, 9.17) is 9.47 Å². The second-order valence-corrected chi connectivity index (χ2v) is 3.84. The summed E-state index contributed by atoms with van der Waals surface area (Å²) in [6.45, 7) is 3.59. The summed E-state index contributed by atoms with van der Waals surface area (Å²) in [5, 5.41) is 0. The summed E-state index contributed by atoms with van der Waals surface area (Å²) in [4.78, 5) is 0. The van der Waals surface area contributed by atoms with Crippen molar-refractivity contribution < 1.29 is 9.47 Å². The maximum Gasteiger partial charge on any atom is 0.218 e. The standard InChI is InChI=1S/C5H9IO2/c1-5(6)7-3-2-4-8-5/h2-4H2,1H3. The van der Waals surface area contributed by atoms with Crippen molar-refractivity contribution in [3.8, 4) is 0 Å². The molecule has 8 heavy (non-hydrogen) atoms. The summed E-state index contributed by atoms with van der Waals surface area (Å²) in [7, 11) is 0. The molecule has 0 aromatic rings. The quantitative estimate of drug-likeness (QED) is 0.462. The first-order valence-electron chi connectivity index (χ1n) is 2.67. The summed E-state index contributed by atoms with van der Waals surface area (Å²) >= 11 is 2.15. The fourth-order valence-corrected chi connectivity index (χ4v) is 1.05. The summed E-state index contributed by atoms with van der Waals surface area (Å²) in [5.41, 5.74) is 0. The zero-order valence-electron chi connectivity index (χ0n) is 4.82. The molecule has 1 aliphatic rings. The molecule has 0 N–H and O–H groups in total. The Morgan fingerprint density at radius 2 is 1.88 bits per heavy atom. The van der Waals surface area contributed by atoms with Gasteiger partial charge in [-0.25, -0.2) is 0 Å². The highest BCUT2D eigenvalue weighted by Gasteiger charge is 2.23. The molecule has 0 aromatic carbocycles. The molecule has 48 valence electrons. The number of halogens is 1. The van der Waals surface area contributed by atoms with Gasteiger partial charge in [0.05, 0.1) is 13.2 Å². The molecule has 1 fully saturated rings. The van der Waals surface area contributed by atoms with Gasteiger partial charge in [0, 0.05) is 0 Å². The third-order valence-electron chi connectivity index (χ3n) is 1.01. The number of alkyl halides is 1. The lowest BCUT2D eigenvalue weighted by atomic mass is 10.4. The van der Waals surface area contributed by atoms with Crippen LogP contribution in [-0.4, -0.2) is 17.0 Å². The molecule has 0 saturated carbocycles. The minimum Gasteiger partial charge on any atom is -0.342 e. The van der Waals surface area contributed by atoms with Crippen LogP contribution in [0.5, 0.6) is 0 Å².